The van der Waals surface area contributed by atoms with Gasteiger partial charge in [-0.1, -0.05) is 54.6 Å². The molecule has 4 rings (SSSR count). The van der Waals surface area contributed by atoms with Gasteiger partial charge in [-0.25, -0.2) is 0 Å². The van der Waals surface area contributed by atoms with Crippen LogP contribution in [0.25, 0.3) is 0 Å². The van der Waals surface area contributed by atoms with Crippen LogP contribution in [0, 0.1) is 0 Å². The van der Waals surface area contributed by atoms with Crippen LogP contribution in [0.4, 0.5) is 0 Å². The monoisotopic (exact) mass is 348 g/mol. The molecule has 2 aliphatic heterocycles. The standard InChI is InChI=1S/C22H24N2O2/c1-15-21(17-8-3-2-4-9-17)18-10-6-5-7-16(18)13-14-24(15)22(26)19-11-12-20(25)23-19/h2-10,15,19,21H,11-14H2,1H3,(H,23,25)/t15-,19+,21+/m1/s1. The second-order valence-electron chi connectivity index (χ2n) is 7.27. The Hall–Kier alpha value is -2.62. The van der Waals surface area contributed by atoms with E-state index in [-0.39, 0.29) is 29.8 Å². The topological polar surface area (TPSA) is 49.4 Å². The predicted molar refractivity (Wildman–Crippen MR) is 101 cm³/mol. The fraction of sp³-hybridized carbons (Fsp3) is 0.364. The van der Waals surface area contributed by atoms with Crippen molar-refractivity contribution in [3.8, 4) is 0 Å². The number of carbonyl (C=O) groups excluding carboxylic acids is 2. The van der Waals surface area contributed by atoms with Crippen LogP contribution in [0.1, 0.15) is 42.4 Å². The number of hydrogen-bond donors (Lipinski definition) is 1. The van der Waals surface area contributed by atoms with Crippen molar-refractivity contribution in [2.75, 3.05) is 6.54 Å². The van der Waals surface area contributed by atoms with E-state index in [1.165, 1.54) is 16.7 Å². The minimum atomic E-state index is -0.373. The molecule has 0 radical (unpaired) electrons. The quantitative estimate of drug-likeness (QED) is 0.907. The van der Waals surface area contributed by atoms with Gasteiger partial charge in [-0.3, -0.25) is 9.59 Å². The van der Waals surface area contributed by atoms with Crippen molar-refractivity contribution in [1.29, 1.82) is 0 Å². The van der Waals surface area contributed by atoms with Crippen molar-refractivity contribution >= 4 is 11.8 Å². The molecule has 2 aliphatic rings. The third-order valence-electron chi connectivity index (χ3n) is 5.72. The average Bonchev–Trinajstić information content (AvgIpc) is 3.04. The van der Waals surface area contributed by atoms with Gasteiger partial charge in [0, 0.05) is 24.9 Å². The molecule has 1 saturated heterocycles. The Morgan fingerprint density at radius 1 is 1.04 bits per heavy atom. The Bertz CT molecular complexity index is 818. The van der Waals surface area contributed by atoms with Crippen LogP contribution in [-0.2, 0) is 16.0 Å². The summed E-state index contributed by atoms with van der Waals surface area (Å²) in [4.78, 5) is 26.7. The summed E-state index contributed by atoms with van der Waals surface area (Å²) in [7, 11) is 0. The lowest BCUT2D eigenvalue weighted by Gasteiger charge is -2.34. The SMILES string of the molecule is C[C@@H]1[C@@H](c2ccccc2)c2ccccc2CCN1C(=O)[C@@H]1CCC(=O)N1. The molecule has 26 heavy (non-hydrogen) atoms. The van der Waals surface area contributed by atoms with Crippen LogP contribution >= 0.6 is 0 Å². The summed E-state index contributed by atoms with van der Waals surface area (Å²) in [5, 5.41) is 2.84. The molecule has 134 valence electrons. The van der Waals surface area contributed by atoms with Gasteiger partial charge < -0.3 is 10.2 Å². The Morgan fingerprint density at radius 3 is 2.50 bits per heavy atom. The summed E-state index contributed by atoms with van der Waals surface area (Å²) in [6.45, 7) is 2.82. The van der Waals surface area contributed by atoms with E-state index < -0.39 is 0 Å². The maximum absolute atomic E-state index is 13.1. The van der Waals surface area contributed by atoms with Gasteiger partial charge in [0.05, 0.1) is 0 Å². The third kappa shape index (κ3) is 3.00. The fourth-order valence-electron chi connectivity index (χ4n) is 4.38. The van der Waals surface area contributed by atoms with E-state index in [2.05, 4.69) is 60.8 Å². The van der Waals surface area contributed by atoms with Gasteiger partial charge in [0.25, 0.3) is 0 Å². The zero-order chi connectivity index (χ0) is 18.1. The van der Waals surface area contributed by atoms with E-state index in [0.717, 1.165) is 6.42 Å². The Balaban J connectivity index is 1.72. The molecule has 3 atom stereocenters. The first-order chi connectivity index (χ1) is 12.6. The number of hydrogen-bond acceptors (Lipinski definition) is 2. The van der Waals surface area contributed by atoms with Crippen LogP contribution in [0.2, 0.25) is 0 Å². The highest BCUT2D eigenvalue weighted by atomic mass is 16.2. The smallest absolute Gasteiger partial charge is 0.245 e. The number of benzene rings is 2. The molecule has 0 bridgehead atoms. The van der Waals surface area contributed by atoms with Crippen LogP contribution in [0.3, 0.4) is 0 Å². The maximum atomic E-state index is 13.1. The fourth-order valence-corrected chi connectivity index (χ4v) is 4.38. The first-order valence-corrected chi connectivity index (χ1v) is 9.38. The normalized spacial score (nSPS) is 25.3. The number of rotatable bonds is 2. The van der Waals surface area contributed by atoms with Gasteiger partial charge in [-0.05, 0) is 36.5 Å². The molecular weight excluding hydrogens is 324 g/mol. The minimum absolute atomic E-state index is 0.0197. The predicted octanol–water partition coefficient (Wildman–Crippen LogP) is 2.87. The molecule has 2 heterocycles. The molecule has 0 saturated carbocycles. The average molecular weight is 348 g/mol. The van der Waals surface area contributed by atoms with E-state index >= 15 is 0 Å². The minimum Gasteiger partial charge on any atom is -0.344 e. The molecule has 2 amide bonds. The van der Waals surface area contributed by atoms with Crippen molar-refractivity contribution in [3.63, 3.8) is 0 Å². The van der Waals surface area contributed by atoms with E-state index in [1.54, 1.807) is 0 Å². The van der Waals surface area contributed by atoms with Gasteiger partial charge in [-0.2, -0.15) is 0 Å². The molecule has 4 heteroatoms. The number of carbonyl (C=O) groups is 2. The lowest BCUT2D eigenvalue weighted by molar-refractivity contribution is -0.136. The molecule has 4 nitrogen and oxygen atoms in total. The van der Waals surface area contributed by atoms with Crippen LogP contribution in [0.5, 0.6) is 0 Å². The molecule has 2 aromatic carbocycles. The highest BCUT2D eigenvalue weighted by molar-refractivity contribution is 5.91. The lowest BCUT2D eigenvalue weighted by Crippen LogP contribution is -2.49. The number of fused-ring (bicyclic) bond motifs is 1. The third-order valence-corrected chi connectivity index (χ3v) is 5.72. The van der Waals surface area contributed by atoms with E-state index in [0.29, 0.717) is 19.4 Å². The van der Waals surface area contributed by atoms with E-state index in [9.17, 15) is 9.59 Å². The first-order valence-electron chi connectivity index (χ1n) is 9.38. The van der Waals surface area contributed by atoms with Crippen LogP contribution < -0.4 is 5.32 Å². The highest BCUT2D eigenvalue weighted by Gasteiger charge is 2.37. The molecule has 2 aromatic rings. The van der Waals surface area contributed by atoms with E-state index in [1.807, 2.05) is 11.0 Å². The molecule has 1 fully saturated rings. The van der Waals surface area contributed by atoms with Crippen molar-refractivity contribution in [3.05, 3.63) is 71.3 Å². The molecule has 0 aromatic heterocycles. The molecule has 1 N–H and O–H groups in total. The maximum Gasteiger partial charge on any atom is 0.245 e. The molecule has 0 unspecified atom stereocenters. The number of nitrogens with one attached hydrogen (secondary N) is 1. The largest absolute Gasteiger partial charge is 0.344 e. The Labute approximate surface area is 154 Å². The van der Waals surface area contributed by atoms with Crippen molar-refractivity contribution < 1.29 is 9.59 Å². The molecular formula is C22H24N2O2. The summed E-state index contributed by atoms with van der Waals surface area (Å²) in [5.74, 6) is 0.168. The van der Waals surface area contributed by atoms with Gasteiger partial charge in [0.15, 0.2) is 0 Å². The zero-order valence-electron chi connectivity index (χ0n) is 15.0. The zero-order valence-corrected chi connectivity index (χ0v) is 15.0. The van der Waals surface area contributed by atoms with Crippen LogP contribution in [0.15, 0.2) is 54.6 Å². The van der Waals surface area contributed by atoms with Crippen molar-refractivity contribution in [2.45, 2.75) is 44.2 Å². The summed E-state index contributed by atoms with van der Waals surface area (Å²) >= 11 is 0. The molecule has 0 spiro atoms. The van der Waals surface area contributed by atoms with E-state index in [4.69, 9.17) is 0 Å². The second-order valence-corrected chi connectivity index (χ2v) is 7.27. The number of nitrogens with zero attached hydrogens (tertiary/aromatic N) is 1. The van der Waals surface area contributed by atoms with Gasteiger partial charge in [-0.15, -0.1) is 0 Å². The van der Waals surface area contributed by atoms with Crippen LogP contribution in [-0.4, -0.2) is 35.3 Å². The highest BCUT2D eigenvalue weighted by Crippen LogP contribution is 2.36. The summed E-state index contributed by atoms with van der Waals surface area (Å²) in [6, 6.07) is 18.6. The summed E-state index contributed by atoms with van der Waals surface area (Å²) in [5.41, 5.74) is 3.83. The van der Waals surface area contributed by atoms with Gasteiger partial charge in [0.1, 0.15) is 6.04 Å². The first kappa shape index (κ1) is 16.8. The van der Waals surface area contributed by atoms with Crippen molar-refractivity contribution in [1.82, 2.24) is 10.2 Å². The van der Waals surface area contributed by atoms with Gasteiger partial charge in [0.2, 0.25) is 11.8 Å². The number of amides is 2. The lowest BCUT2D eigenvalue weighted by atomic mass is 9.83. The summed E-state index contributed by atoms with van der Waals surface area (Å²) in [6.07, 6.45) is 1.89. The van der Waals surface area contributed by atoms with Crippen molar-refractivity contribution in [2.24, 2.45) is 0 Å². The Kier molecular flexibility index (Phi) is 4.49. The van der Waals surface area contributed by atoms with Gasteiger partial charge >= 0.3 is 0 Å². The molecule has 0 aliphatic carbocycles. The second kappa shape index (κ2) is 6.94. The Morgan fingerprint density at radius 2 is 1.77 bits per heavy atom. The summed E-state index contributed by atoms with van der Waals surface area (Å²) < 4.78 is 0.